The van der Waals surface area contributed by atoms with Gasteiger partial charge in [0.05, 0.1) is 24.6 Å². The number of aromatic hydroxyl groups is 1. The molecule has 1 aliphatic heterocycles. The SMILES string of the molecule is COC(=O)C[C@H](c1c(O)cc(C)[nH]c1=O)c1cc2cccc3c2n(c1=O)CCC3. The van der Waals surface area contributed by atoms with Gasteiger partial charge >= 0.3 is 5.97 Å². The number of para-hydroxylation sites is 1. The maximum absolute atomic E-state index is 13.4. The van der Waals surface area contributed by atoms with Crippen molar-refractivity contribution in [2.75, 3.05) is 7.11 Å². The zero-order chi connectivity index (χ0) is 20.7. The van der Waals surface area contributed by atoms with Crippen LogP contribution in [0.4, 0.5) is 0 Å². The molecular weight excluding hydrogens is 372 g/mol. The predicted octanol–water partition coefficient (Wildman–Crippen LogP) is 2.35. The van der Waals surface area contributed by atoms with Gasteiger partial charge in [-0.25, -0.2) is 0 Å². The lowest BCUT2D eigenvalue weighted by atomic mass is 9.87. The fraction of sp³-hybridized carbons (Fsp3) is 0.318. The fourth-order valence-corrected chi connectivity index (χ4v) is 4.27. The molecule has 0 amide bonds. The zero-order valence-electron chi connectivity index (χ0n) is 16.3. The molecule has 150 valence electrons. The average Bonchev–Trinajstić information content (AvgIpc) is 2.69. The van der Waals surface area contributed by atoms with Crippen LogP contribution in [0.2, 0.25) is 0 Å². The summed E-state index contributed by atoms with van der Waals surface area (Å²) in [6, 6.07) is 9.02. The van der Waals surface area contributed by atoms with E-state index in [1.54, 1.807) is 17.6 Å². The Morgan fingerprint density at radius 1 is 1.31 bits per heavy atom. The Kier molecular flexibility index (Phi) is 4.74. The Bertz CT molecular complexity index is 1240. The van der Waals surface area contributed by atoms with E-state index in [1.165, 1.54) is 13.2 Å². The van der Waals surface area contributed by atoms with Crippen molar-refractivity contribution in [1.29, 1.82) is 0 Å². The van der Waals surface area contributed by atoms with Crippen molar-refractivity contribution in [3.63, 3.8) is 0 Å². The van der Waals surface area contributed by atoms with Gasteiger partial charge in [-0.3, -0.25) is 14.4 Å². The molecule has 29 heavy (non-hydrogen) atoms. The zero-order valence-corrected chi connectivity index (χ0v) is 16.3. The normalized spacial score (nSPS) is 14.0. The lowest BCUT2D eigenvalue weighted by Crippen LogP contribution is -2.31. The number of esters is 1. The van der Waals surface area contributed by atoms with Gasteiger partial charge in [0.1, 0.15) is 5.75 Å². The Morgan fingerprint density at radius 3 is 2.83 bits per heavy atom. The predicted molar refractivity (Wildman–Crippen MR) is 108 cm³/mol. The third kappa shape index (κ3) is 3.22. The van der Waals surface area contributed by atoms with E-state index in [4.69, 9.17) is 4.74 Å². The fourth-order valence-electron chi connectivity index (χ4n) is 4.27. The van der Waals surface area contributed by atoms with Crippen molar-refractivity contribution in [3.05, 3.63) is 73.4 Å². The minimum atomic E-state index is -0.918. The molecule has 0 saturated carbocycles. The number of aryl methyl sites for hydroxylation is 3. The monoisotopic (exact) mass is 394 g/mol. The molecule has 0 unspecified atom stereocenters. The lowest BCUT2D eigenvalue weighted by molar-refractivity contribution is -0.140. The van der Waals surface area contributed by atoms with Gasteiger partial charge in [0.15, 0.2) is 0 Å². The van der Waals surface area contributed by atoms with Crippen LogP contribution in [0.1, 0.15) is 41.1 Å². The van der Waals surface area contributed by atoms with Gasteiger partial charge in [-0.2, -0.15) is 0 Å². The summed E-state index contributed by atoms with van der Waals surface area (Å²) in [5.41, 5.74) is 2.01. The third-order valence-electron chi connectivity index (χ3n) is 5.56. The molecule has 3 aromatic rings. The molecule has 0 aliphatic carbocycles. The van der Waals surface area contributed by atoms with Crippen LogP contribution in [-0.4, -0.2) is 27.7 Å². The van der Waals surface area contributed by atoms with Gasteiger partial charge in [0.25, 0.3) is 11.1 Å². The number of carbonyl (C=O) groups is 1. The largest absolute Gasteiger partial charge is 0.507 e. The van der Waals surface area contributed by atoms with E-state index in [1.807, 2.05) is 18.2 Å². The number of rotatable bonds is 4. The number of hydrogen-bond acceptors (Lipinski definition) is 5. The smallest absolute Gasteiger partial charge is 0.306 e. The van der Waals surface area contributed by atoms with Crippen LogP contribution in [0.3, 0.4) is 0 Å². The van der Waals surface area contributed by atoms with Crippen molar-refractivity contribution in [2.45, 2.75) is 38.6 Å². The summed E-state index contributed by atoms with van der Waals surface area (Å²) in [7, 11) is 1.25. The number of H-pyrrole nitrogens is 1. The molecule has 0 saturated heterocycles. The van der Waals surface area contributed by atoms with Gasteiger partial charge in [-0.05, 0) is 42.8 Å². The van der Waals surface area contributed by atoms with Gasteiger partial charge in [0.2, 0.25) is 0 Å². The Labute approximate surface area is 166 Å². The topological polar surface area (TPSA) is 101 Å². The second kappa shape index (κ2) is 7.24. The second-order valence-corrected chi connectivity index (χ2v) is 7.43. The number of benzene rings is 1. The summed E-state index contributed by atoms with van der Waals surface area (Å²) < 4.78 is 6.52. The van der Waals surface area contributed by atoms with Crippen molar-refractivity contribution in [1.82, 2.24) is 9.55 Å². The lowest BCUT2D eigenvalue weighted by Gasteiger charge is -2.23. The maximum Gasteiger partial charge on any atom is 0.306 e. The highest BCUT2D eigenvalue weighted by Gasteiger charge is 2.29. The van der Waals surface area contributed by atoms with Gasteiger partial charge in [-0.1, -0.05) is 18.2 Å². The highest BCUT2D eigenvalue weighted by Crippen LogP contribution is 2.33. The Balaban J connectivity index is 2.01. The van der Waals surface area contributed by atoms with Crippen LogP contribution in [0.25, 0.3) is 10.9 Å². The molecule has 0 radical (unpaired) electrons. The van der Waals surface area contributed by atoms with E-state index in [0.29, 0.717) is 17.8 Å². The molecule has 0 fully saturated rings. The summed E-state index contributed by atoms with van der Waals surface area (Å²) in [5.74, 6) is -1.73. The van der Waals surface area contributed by atoms with Crippen molar-refractivity contribution < 1.29 is 14.6 Å². The summed E-state index contributed by atoms with van der Waals surface area (Å²) >= 11 is 0. The number of aromatic amines is 1. The summed E-state index contributed by atoms with van der Waals surface area (Å²) in [6.07, 6.45) is 1.52. The number of aromatic nitrogens is 2. The molecule has 0 spiro atoms. The molecule has 1 atom stereocenters. The molecule has 4 rings (SSSR count). The van der Waals surface area contributed by atoms with Crippen LogP contribution in [-0.2, 0) is 22.5 Å². The van der Waals surface area contributed by atoms with Crippen LogP contribution in [0.15, 0.2) is 39.9 Å². The number of hydrogen-bond donors (Lipinski definition) is 2. The first-order valence-electron chi connectivity index (χ1n) is 9.55. The minimum absolute atomic E-state index is 0.00258. The number of nitrogens with zero attached hydrogens (tertiary/aromatic N) is 1. The first-order chi connectivity index (χ1) is 13.9. The van der Waals surface area contributed by atoms with E-state index in [-0.39, 0.29) is 23.3 Å². The summed E-state index contributed by atoms with van der Waals surface area (Å²) in [5, 5.41) is 11.4. The number of nitrogens with one attached hydrogen (secondary N) is 1. The third-order valence-corrected chi connectivity index (χ3v) is 5.56. The molecule has 3 heterocycles. The quantitative estimate of drug-likeness (QED) is 0.662. The molecule has 1 aromatic carbocycles. The molecule has 0 bridgehead atoms. The van der Waals surface area contributed by atoms with Crippen LogP contribution in [0.5, 0.6) is 5.75 Å². The molecular formula is C22H22N2O5. The van der Waals surface area contributed by atoms with Crippen molar-refractivity contribution in [3.8, 4) is 5.75 Å². The second-order valence-electron chi connectivity index (χ2n) is 7.43. The highest BCUT2D eigenvalue weighted by molar-refractivity contribution is 5.84. The molecule has 1 aliphatic rings. The summed E-state index contributed by atoms with van der Waals surface area (Å²) in [6.45, 7) is 2.22. The van der Waals surface area contributed by atoms with Crippen molar-refractivity contribution in [2.24, 2.45) is 0 Å². The van der Waals surface area contributed by atoms with Crippen LogP contribution < -0.4 is 11.1 Å². The van der Waals surface area contributed by atoms with Crippen LogP contribution in [0, 0.1) is 6.92 Å². The summed E-state index contributed by atoms with van der Waals surface area (Å²) in [4.78, 5) is 40.8. The maximum atomic E-state index is 13.4. The van der Waals surface area contributed by atoms with E-state index in [0.717, 1.165) is 29.3 Å². The molecule has 7 heteroatoms. The number of carbonyl (C=O) groups excluding carboxylic acids is 1. The van der Waals surface area contributed by atoms with E-state index in [9.17, 15) is 19.5 Å². The van der Waals surface area contributed by atoms with Gasteiger partial charge < -0.3 is 19.4 Å². The number of methoxy groups -OCH3 is 1. The minimum Gasteiger partial charge on any atom is -0.507 e. The van der Waals surface area contributed by atoms with Gasteiger partial charge in [0, 0.05) is 23.7 Å². The standard InChI is InChI=1S/C22H22N2O5/c1-12-9-17(25)19(21(27)23-12)15(11-18(26)29-2)16-10-14-6-3-5-13-7-4-8-24(20(13)14)22(16)28/h3,5-6,9-10,15H,4,7-8,11H2,1-2H3,(H2,23,25,27)/t15-/m0/s1. The van der Waals surface area contributed by atoms with Gasteiger partial charge in [-0.15, -0.1) is 0 Å². The molecule has 2 N–H and O–H groups in total. The molecule has 2 aromatic heterocycles. The Morgan fingerprint density at radius 2 is 2.10 bits per heavy atom. The van der Waals surface area contributed by atoms with Crippen LogP contribution >= 0.6 is 0 Å². The Hall–Kier alpha value is -3.35. The first-order valence-corrected chi connectivity index (χ1v) is 9.55. The van der Waals surface area contributed by atoms with E-state index >= 15 is 0 Å². The first kappa shape index (κ1) is 19.0. The number of pyridine rings is 2. The average molecular weight is 394 g/mol. The number of ether oxygens (including phenoxy) is 1. The highest BCUT2D eigenvalue weighted by atomic mass is 16.5. The molecule has 7 nitrogen and oxygen atoms in total. The van der Waals surface area contributed by atoms with E-state index < -0.39 is 17.4 Å². The van der Waals surface area contributed by atoms with Crippen molar-refractivity contribution >= 4 is 16.9 Å². The van der Waals surface area contributed by atoms with E-state index in [2.05, 4.69) is 4.98 Å².